The van der Waals surface area contributed by atoms with Gasteiger partial charge in [-0.3, -0.25) is 4.99 Å². The Kier molecular flexibility index (Phi) is 2.92. The lowest BCUT2D eigenvalue weighted by Crippen LogP contribution is -2.41. The van der Waals surface area contributed by atoms with Crippen molar-refractivity contribution in [3.63, 3.8) is 0 Å². The lowest BCUT2D eigenvalue weighted by Gasteiger charge is -2.32. The molecule has 1 atom stereocenters. The molecule has 80 valence electrons. The zero-order valence-electron chi connectivity index (χ0n) is 9.57. The predicted octanol–water partition coefficient (Wildman–Crippen LogP) is 0.993. The largest absolute Gasteiger partial charge is 0.483 e. The van der Waals surface area contributed by atoms with Crippen LogP contribution < -0.4 is 5.73 Å². The van der Waals surface area contributed by atoms with Gasteiger partial charge in [0.1, 0.15) is 0 Å². The van der Waals surface area contributed by atoms with E-state index < -0.39 is 0 Å². The van der Waals surface area contributed by atoms with E-state index in [1.807, 2.05) is 34.6 Å². The Hall–Kier alpha value is -0.545. The fourth-order valence-electron chi connectivity index (χ4n) is 1.29. The summed E-state index contributed by atoms with van der Waals surface area (Å²) in [4.78, 5) is 4.04. The number of nitrogens with two attached hydrogens (primary N) is 1. The normalized spacial score (nSPS) is 27.1. The molecule has 1 heterocycles. The number of nitrogens with zero attached hydrogens (tertiary/aromatic N) is 1. The van der Waals surface area contributed by atoms with Gasteiger partial charge in [-0.1, -0.05) is 0 Å². The maximum atomic E-state index is 5.79. The maximum Gasteiger partial charge on any atom is 0.483 e. The van der Waals surface area contributed by atoms with Crippen molar-refractivity contribution >= 4 is 13.5 Å². The first-order chi connectivity index (χ1) is 6.30. The third-order valence-electron chi connectivity index (χ3n) is 2.99. The predicted molar refractivity (Wildman–Crippen MR) is 58.2 cm³/mol. The van der Waals surface area contributed by atoms with Gasteiger partial charge in [-0.15, -0.1) is 0 Å². The first-order valence-corrected chi connectivity index (χ1v) is 4.89. The van der Waals surface area contributed by atoms with Gasteiger partial charge >= 0.3 is 7.12 Å². The van der Waals surface area contributed by atoms with Crippen LogP contribution in [0.3, 0.4) is 0 Å². The molecule has 0 amide bonds. The molecule has 1 saturated heterocycles. The van der Waals surface area contributed by atoms with E-state index in [-0.39, 0.29) is 24.3 Å². The van der Waals surface area contributed by atoms with Crippen LogP contribution in [0, 0.1) is 0 Å². The Morgan fingerprint density at radius 1 is 1.21 bits per heavy atom. The average Bonchev–Trinajstić information content (AvgIpc) is 2.22. The highest BCUT2D eigenvalue weighted by Gasteiger charge is 2.52. The zero-order valence-corrected chi connectivity index (χ0v) is 9.57. The molecule has 14 heavy (non-hydrogen) atoms. The van der Waals surface area contributed by atoms with Gasteiger partial charge in [0, 0.05) is 0 Å². The van der Waals surface area contributed by atoms with Crippen LogP contribution >= 0.6 is 0 Å². The molecular weight excluding hydrogens is 179 g/mol. The van der Waals surface area contributed by atoms with Crippen molar-refractivity contribution in [1.29, 1.82) is 0 Å². The molecule has 2 N–H and O–H groups in total. The van der Waals surface area contributed by atoms with Crippen LogP contribution in [0.5, 0.6) is 0 Å². The SMILES string of the molecule is CC(N=CN)B1OC(C)(C)C(C)(C)O1. The van der Waals surface area contributed by atoms with Crippen LogP contribution in [0.1, 0.15) is 34.6 Å². The molecule has 4 nitrogen and oxygen atoms in total. The molecular formula is C9H19BN2O2. The van der Waals surface area contributed by atoms with E-state index in [1.54, 1.807) is 0 Å². The Labute approximate surface area is 86.0 Å². The minimum absolute atomic E-state index is 0.0685. The third-order valence-corrected chi connectivity index (χ3v) is 2.99. The van der Waals surface area contributed by atoms with Gasteiger partial charge in [-0.25, -0.2) is 0 Å². The number of hydrogen-bond donors (Lipinski definition) is 1. The zero-order chi connectivity index (χ0) is 11.0. The van der Waals surface area contributed by atoms with Crippen molar-refractivity contribution in [3.8, 4) is 0 Å². The Bertz CT molecular complexity index is 225. The smallest absolute Gasteiger partial charge is 0.402 e. The summed E-state index contributed by atoms with van der Waals surface area (Å²) < 4.78 is 11.6. The van der Waals surface area contributed by atoms with Gasteiger partial charge in [-0.2, -0.15) is 0 Å². The van der Waals surface area contributed by atoms with Gasteiger partial charge in [0.25, 0.3) is 0 Å². The minimum atomic E-state index is -0.306. The summed E-state index contributed by atoms with van der Waals surface area (Å²) in [5, 5.41) is 0. The molecule has 1 unspecified atom stereocenters. The lowest BCUT2D eigenvalue weighted by atomic mass is 9.80. The lowest BCUT2D eigenvalue weighted by molar-refractivity contribution is 0.00578. The fraction of sp³-hybridized carbons (Fsp3) is 0.889. The van der Waals surface area contributed by atoms with Crippen molar-refractivity contribution in [2.75, 3.05) is 0 Å². The Morgan fingerprint density at radius 2 is 1.64 bits per heavy atom. The fourth-order valence-corrected chi connectivity index (χ4v) is 1.29. The molecule has 0 aliphatic carbocycles. The molecule has 1 fully saturated rings. The molecule has 0 aromatic rings. The molecule has 0 aromatic carbocycles. The Balaban J connectivity index is 2.72. The number of aliphatic imine (C=N–C) groups is 1. The topological polar surface area (TPSA) is 56.8 Å². The summed E-state index contributed by atoms with van der Waals surface area (Å²) in [5.74, 6) is -0.0685. The molecule has 0 bridgehead atoms. The molecule has 5 heteroatoms. The highest BCUT2D eigenvalue weighted by molar-refractivity contribution is 6.47. The number of rotatable bonds is 2. The molecule has 0 saturated carbocycles. The van der Waals surface area contributed by atoms with Gasteiger partial charge < -0.3 is 15.0 Å². The second-order valence-electron chi connectivity index (χ2n) is 4.66. The van der Waals surface area contributed by atoms with E-state index in [0.29, 0.717) is 0 Å². The summed E-state index contributed by atoms with van der Waals surface area (Å²) >= 11 is 0. The monoisotopic (exact) mass is 198 g/mol. The molecule has 1 rings (SSSR count). The van der Waals surface area contributed by atoms with Crippen LogP contribution in [0.15, 0.2) is 4.99 Å². The van der Waals surface area contributed by atoms with Crippen LogP contribution in [-0.2, 0) is 9.31 Å². The second kappa shape index (κ2) is 3.55. The third kappa shape index (κ3) is 1.93. The molecule has 0 radical (unpaired) electrons. The van der Waals surface area contributed by atoms with Crippen LogP contribution in [-0.4, -0.2) is 30.6 Å². The molecule has 0 aromatic heterocycles. The van der Waals surface area contributed by atoms with Crippen LogP contribution in [0.2, 0.25) is 0 Å². The Morgan fingerprint density at radius 3 is 2.00 bits per heavy atom. The van der Waals surface area contributed by atoms with E-state index in [4.69, 9.17) is 15.0 Å². The summed E-state index contributed by atoms with van der Waals surface area (Å²) in [6.45, 7) is 10.0. The summed E-state index contributed by atoms with van der Waals surface area (Å²) in [7, 11) is -0.306. The van der Waals surface area contributed by atoms with Crippen LogP contribution in [0.4, 0.5) is 0 Å². The van der Waals surface area contributed by atoms with Crippen molar-refractivity contribution < 1.29 is 9.31 Å². The van der Waals surface area contributed by atoms with Crippen molar-refractivity contribution in [3.05, 3.63) is 0 Å². The van der Waals surface area contributed by atoms with E-state index in [1.165, 1.54) is 6.34 Å². The van der Waals surface area contributed by atoms with Crippen molar-refractivity contribution in [2.45, 2.75) is 51.8 Å². The quantitative estimate of drug-likeness (QED) is 0.409. The standard InChI is InChI=1S/C9H19BN2O2/c1-7(12-6-11)10-13-8(2,3)9(4,5)14-10/h6-7H,1-5H3,(H2,11,12). The van der Waals surface area contributed by atoms with E-state index >= 15 is 0 Å². The summed E-state index contributed by atoms with van der Waals surface area (Å²) in [6, 6.07) is 0. The van der Waals surface area contributed by atoms with E-state index in [2.05, 4.69) is 4.99 Å². The maximum absolute atomic E-state index is 5.79. The second-order valence-corrected chi connectivity index (χ2v) is 4.66. The number of hydrogen-bond acceptors (Lipinski definition) is 3. The molecule has 0 spiro atoms. The molecule has 1 aliphatic heterocycles. The van der Waals surface area contributed by atoms with Gasteiger partial charge in [0.05, 0.1) is 23.5 Å². The first-order valence-electron chi connectivity index (χ1n) is 4.89. The van der Waals surface area contributed by atoms with E-state index in [9.17, 15) is 0 Å². The van der Waals surface area contributed by atoms with E-state index in [0.717, 1.165) is 0 Å². The highest BCUT2D eigenvalue weighted by atomic mass is 16.7. The van der Waals surface area contributed by atoms with Gasteiger partial charge in [0.15, 0.2) is 0 Å². The van der Waals surface area contributed by atoms with Crippen molar-refractivity contribution in [1.82, 2.24) is 0 Å². The van der Waals surface area contributed by atoms with Crippen molar-refractivity contribution in [2.24, 2.45) is 10.7 Å². The highest BCUT2D eigenvalue weighted by Crippen LogP contribution is 2.37. The average molecular weight is 198 g/mol. The minimum Gasteiger partial charge on any atom is -0.402 e. The molecule has 1 aliphatic rings. The first kappa shape index (κ1) is 11.5. The van der Waals surface area contributed by atoms with Crippen LogP contribution in [0.25, 0.3) is 0 Å². The van der Waals surface area contributed by atoms with Gasteiger partial charge in [0.2, 0.25) is 0 Å². The summed E-state index contributed by atoms with van der Waals surface area (Å²) in [6.07, 6.45) is 1.29. The van der Waals surface area contributed by atoms with Gasteiger partial charge in [-0.05, 0) is 34.6 Å². The summed E-state index contributed by atoms with van der Waals surface area (Å²) in [5.41, 5.74) is 4.64.